The Balaban J connectivity index is 1.64. The van der Waals surface area contributed by atoms with Gasteiger partial charge in [-0.05, 0) is 47.4 Å². The molecule has 0 bridgehead atoms. The van der Waals surface area contributed by atoms with E-state index in [0.29, 0.717) is 11.6 Å². The Morgan fingerprint density at radius 1 is 1.00 bits per heavy atom. The van der Waals surface area contributed by atoms with Gasteiger partial charge >= 0.3 is 0 Å². The van der Waals surface area contributed by atoms with Gasteiger partial charge in [0.1, 0.15) is 11.6 Å². The zero-order valence-corrected chi connectivity index (χ0v) is 17.9. The van der Waals surface area contributed by atoms with Crippen LogP contribution in [0.2, 0.25) is 0 Å². The van der Waals surface area contributed by atoms with Gasteiger partial charge < -0.3 is 15.0 Å². The van der Waals surface area contributed by atoms with Crippen LogP contribution < -0.4 is 4.90 Å². The van der Waals surface area contributed by atoms with Gasteiger partial charge in [-0.25, -0.2) is 4.98 Å². The number of aromatic nitrogens is 4. The Morgan fingerprint density at radius 3 is 2.57 bits per heavy atom. The summed E-state index contributed by atoms with van der Waals surface area (Å²) in [5, 5.41) is 19.7. The second-order valence-electron chi connectivity index (χ2n) is 10.2. The van der Waals surface area contributed by atoms with Crippen molar-refractivity contribution in [2.75, 3.05) is 18.0 Å². The topological polar surface area (TPSA) is 80.8 Å². The summed E-state index contributed by atoms with van der Waals surface area (Å²) in [7, 11) is 0. The van der Waals surface area contributed by atoms with Crippen LogP contribution in [0.4, 0.5) is 5.69 Å². The van der Waals surface area contributed by atoms with Crippen LogP contribution in [0.5, 0.6) is 5.75 Å². The van der Waals surface area contributed by atoms with Crippen molar-refractivity contribution in [3.05, 3.63) is 35.5 Å². The van der Waals surface area contributed by atoms with Gasteiger partial charge in [0.25, 0.3) is 0 Å². The highest BCUT2D eigenvalue weighted by Gasteiger charge is 2.42. The molecule has 6 rings (SSSR count). The maximum atomic E-state index is 11.5. The standard InChI is InChI=1S/C24H27N5O/c1-23(2)5-7-29-8-6-24(3,4)19-20(29)15(23)10-14(21(19)30)22-26-17-9-13-12-25-28-16(13)11-18(17)27-22/h9-12,30H,5-8H2,1-4H3,(H,25,28)(H,26,27). The maximum absolute atomic E-state index is 11.5. The Kier molecular flexibility index (Phi) is 3.30. The second-order valence-corrected chi connectivity index (χ2v) is 10.2. The maximum Gasteiger partial charge on any atom is 0.142 e. The van der Waals surface area contributed by atoms with E-state index < -0.39 is 0 Å². The summed E-state index contributed by atoms with van der Waals surface area (Å²) >= 11 is 0. The molecule has 0 saturated carbocycles. The molecule has 30 heavy (non-hydrogen) atoms. The molecule has 0 saturated heterocycles. The predicted molar refractivity (Wildman–Crippen MR) is 120 cm³/mol. The molecule has 0 fully saturated rings. The second kappa shape index (κ2) is 5.56. The third-order valence-electron chi connectivity index (χ3n) is 7.30. The molecule has 6 nitrogen and oxygen atoms in total. The molecule has 2 aliphatic rings. The number of anilines is 1. The van der Waals surface area contributed by atoms with E-state index in [9.17, 15) is 5.11 Å². The highest BCUT2D eigenvalue weighted by molar-refractivity contribution is 5.94. The molecule has 2 aromatic carbocycles. The molecule has 2 aromatic heterocycles. The average molecular weight is 402 g/mol. The van der Waals surface area contributed by atoms with E-state index in [1.165, 1.54) is 11.3 Å². The summed E-state index contributed by atoms with van der Waals surface area (Å²) < 4.78 is 0. The van der Waals surface area contributed by atoms with E-state index in [2.05, 4.69) is 53.8 Å². The zero-order valence-electron chi connectivity index (χ0n) is 17.9. The predicted octanol–water partition coefficient (Wildman–Crippen LogP) is 4.98. The molecule has 154 valence electrons. The van der Waals surface area contributed by atoms with E-state index in [4.69, 9.17) is 4.98 Å². The Bertz CT molecular complexity index is 1280. The van der Waals surface area contributed by atoms with Gasteiger partial charge in [-0.3, -0.25) is 5.10 Å². The number of benzene rings is 2. The number of rotatable bonds is 1. The van der Waals surface area contributed by atoms with Gasteiger partial charge in [-0.2, -0.15) is 5.10 Å². The number of imidazole rings is 1. The number of fused-ring (bicyclic) bond motifs is 2. The molecule has 0 atom stereocenters. The molecule has 4 heterocycles. The summed E-state index contributed by atoms with van der Waals surface area (Å²) in [6, 6.07) is 6.21. The fourth-order valence-corrected chi connectivity index (χ4v) is 5.33. The minimum atomic E-state index is -0.0825. The monoisotopic (exact) mass is 401 g/mol. The van der Waals surface area contributed by atoms with Gasteiger partial charge in [0.05, 0.1) is 22.1 Å². The molecule has 3 N–H and O–H groups in total. The number of phenols is 1. The van der Waals surface area contributed by atoms with Crippen LogP contribution in [0.1, 0.15) is 51.7 Å². The van der Waals surface area contributed by atoms with Crippen molar-refractivity contribution in [1.82, 2.24) is 20.2 Å². The fourth-order valence-electron chi connectivity index (χ4n) is 5.33. The molecular formula is C24H27N5O. The zero-order chi connectivity index (χ0) is 20.8. The van der Waals surface area contributed by atoms with E-state index in [-0.39, 0.29) is 10.8 Å². The van der Waals surface area contributed by atoms with Crippen LogP contribution in [-0.2, 0) is 10.8 Å². The molecule has 2 aliphatic heterocycles. The number of hydrogen-bond acceptors (Lipinski definition) is 4. The number of phenolic OH excluding ortho intramolecular Hbond substituents is 1. The number of nitrogens with one attached hydrogen (secondary N) is 2. The van der Waals surface area contributed by atoms with Gasteiger partial charge in [-0.1, -0.05) is 27.7 Å². The van der Waals surface area contributed by atoms with Gasteiger partial charge in [0.2, 0.25) is 0 Å². The van der Waals surface area contributed by atoms with Crippen molar-refractivity contribution in [2.24, 2.45) is 0 Å². The highest BCUT2D eigenvalue weighted by Crippen LogP contribution is 2.54. The van der Waals surface area contributed by atoms with Crippen LogP contribution in [-0.4, -0.2) is 38.4 Å². The lowest BCUT2D eigenvalue weighted by Crippen LogP contribution is -2.44. The minimum absolute atomic E-state index is 0.0587. The number of aromatic amines is 2. The van der Waals surface area contributed by atoms with Gasteiger partial charge in [0, 0.05) is 35.9 Å². The van der Waals surface area contributed by atoms with Crippen LogP contribution in [0.3, 0.4) is 0 Å². The molecule has 0 radical (unpaired) electrons. The summed E-state index contributed by atoms with van der Waals surface area (Å²) in [6.07, 6.45) is 4.03. The Morgan fingerprint density at radius 2 is 1.77 bits per heavy atom. The number of hydrogen-bond donors (Lipinski definition) is 3. The van der Waals surface area contributed by atoms with Crippen LogP contribution in [0, 0.1) is 0 Å². The third kappa shape index (κ3) is 2.30. The van der Waals surface area contributed by atoms with E-state index >= 15 is 0 Å². The molecule has 0 spiro atoms. The van der Waals surface area contributed by atoms with E-state index in [1.807, 2.05) is 18.3 Å². The van der Waals surface area contributed by atoms with E-state index in [0.717, 1.165) is 59.0 Å². The normalized spacial score (nSPS) is 19.4. The van der Waals surface area contributed by atoms with Crippen molar-refractivity contribution in [1.29, 1.82) is 0 Å². The van der Waals surface area contributed by atoms with Crippen molar-refractivity contribution in [3.63, 3.8) is 0 Å². The number of nitrogens with zero attached hydrogens (tertiary/aromatic N) is 3. The first kappa shape index (κ1) is 17.8. The van der Waals surface area contributed by atoms with Crippen LogP contribution in [0.25, 0.3) is 33.3 Å². The Hall–Kier alpha value is -3.02. The molecular weight excluding hydrogens is 374 g/mol. The lowest BCUT2D eigenvalue weighted by Gasteiger charge is -2.48. The molecule has 0 aliphatic carbocycles. The fraction of sp³-hybridized carbons (Fsp3) is 0.417. The molecule has 0 unspecified atom stereocenters. The molecule has 6 heteroatoms. The van der Waals surface area contributed by atoms with Crippen molar-refractivity contribution >= 4 is 27.6 Å². The van der Waals surface area contributed by atoms with Gasteiger partial charge in [-0.15, -0.1) is 0 Å². The average Bonchev–Trinajstić information content (AvgIpc) is 3.30. The van der Waals surface area contributed by atoms with Crippen LogP contribution >= 0.6 is 0 Å². The first-order valence-electron chi connectivity index (χ1n) is 10.7. The van der Waals surface area contributed by atoms with Crippen molar-refractivity contribution in [3.8, 4) is 17.1 Å². The molecule has 4 aromatic rings. The third-order valence-corrected chi connectivity index (χ3v) is 7.30. The van der Waals surface area contributed by atoms with Crippen molar-refractivity contribution < 1.29 is 5.11 Å². The van der Waals surface area contributed by atoms with E-state index in [1.54, 1.807) is 0 Å². The summed E-state index contributed by atoms with van der Waals surface area (Å²) in [5.74, 6) is 1.08. The number of H-pyrrole nitrogens is 2. The number of aromatic hydroxyl groups is 1. The highest BCUT2D eigenvalue weighted by atomic mass is 16.3. The minimum Gasteiger partial charge on any atom is -0.507 e. The van der Waals surface area contributed by atoms with Crippen molar-refractivity contribution in [2.45, 2.75) is 51.4 Å². The lowest BCUT2D eigenvalue weighted by atomic mass is 9.68. The quantitative estimate of drug-likeness (QED) is 0.420. The Labute approximate surface area is 175 Å². The largest absolute Gasteiger partial charge is 0.507 e. The van der Waals surface area contributed by atoms with Gasteiger partial charge in [0.15, 0.2) is 0 Å². The smallest absolute Gasteiger partial charge is 0.142 e. The van der Waals surface area contributed by atoms with Crippen LogP contribution in [0.15, 0.2) is 24.4 Å². The molecule has 0 amide bonds. The summed E-state index contributed by atoms with van der Waals surface area (Å²) in [5.41, 5.74) is 7.12. The summed E-state index contributed by atoms with van der Waals surface area (Å²) in [4.78, 5) is 10.8. The SMILES string of the molecule is CC1(C)CCN2CCC(C)(C)c3c(O)c(-c4nc5cc6c[nH]nc6cc5[nH]4)cc1c32. The first-order chi connectivity index (χ1) is 14.2. The lowest BCUT2D eigenvalue weighted by molar-refractivity contribution is 0.379. The first-order valence-corrected chi connectivity index (χ1v) is 10.7. The summed E-state index contributed by atoms with van der Waals surface area (Å²) in [6.45, 7) is 11.2.